The van der Waals surface area contributed by atoms with Gasteiger partial charge < -0.3 is 9.84 Å². The summed E-state index contributed by atoms with van der Waals surface area (Å²) < 4.78 is 5.08. The molecule has 0 aliphatic carbocycles. The molecule has 0 saturated heterocycles. The van der Waals surface area contributed by atoms with Crippen LogP contribution < -0.4 is 0 Å². The molecule has 0 unspecified atom stereocenters. The fraction of sp³-hybridized carbons (Fsp3) is 0.571. The van der Waals surface area contributed by atoms with Crippen LogP contribution in [0.3, 0.4) is 0 Å². The van der Waals surface area contributed by atoms with Crippen LogP contribution in [-0.4, -0.2) is 17.7 Å². The Morgan fingerprint density at radius 3 is 2.25 bits per heavy atom. The van der Waals surface area contributed by atoms with Gasteiger partial charge >= 0.3 is 5.97 Å². The third-order valence-electron chi connectivity index (χ3n) is 4.14. The zero-order chi connectivity index (χ0) is 18.7. The Kier molecular flexibility index (Phi) is 6.26. The second kappa shape index (κ2) is 7.42. The lowest BCUT2D eigenvalue weighted by molar-refractivity contribution is -0.142. The highest BCUT2D eigenvalue weighted by Crippen LogP contribution is 2.41. The van der Waals surface area contributed by atoms with E-state index in [4.69, 9.17) is 4.74 Å². The lowest BCUT2D eigenvalue weighted by Gasteiger charge is -2.30. The number of phenols is 1. The fourth-order valence-electron chi connectivity index (χ4n) is 3.15. The Bertz CT molecular complexity index is 613. The minimum atomic E-state index is -0.224. The van der Waals surface area contributed by atoms with Crippen LogP contribution in [0.5, 0.6) is 5.75 Å². The van der Waals surface area contributed by atoms with Crippen molar-refractivity contribution in [3.63, 3.8) is 0 Å². The van der Waals surface area contributed by atoms with E-state index in [2.05, 4.69) is 54.2 Å². The number of carbonyl (C=O) groups excluding carboxylic acids is 1. The number of ether oxygens (including phenoxy) is 1. The van der Waals surface area contributed by atoms with Gasteiger partial charge in [0.2, 0.25) is 0 Å². The summed E-state index contributed by atoms with van der Waals surface area (Å²) in [5.41, 5.74) is 3.77. The first-order valence-electron chi connectivity index (χ1n) is 8.52. The molecule has 0 bridgehead atoms. The Labute approximate surface area is 146 Å². The van der Waals surface area contributed by atoms with E-state index in [1.54, 1.807) is 6.08 Å². The van der Waals surface area contributed by atoms with E-state index in [1.807, 2.05) is 6.92 Å². The first-order valence-corrected chi connectivity index (χ1v) is 8.52. The van der Waals surface area contributed by atoms with Gasteiger partial charge in [-0.1, -0.05) is 60.3 Å². The van der Waals surface area contributed by atoms with Crippen molar-refractivity contribution in [1.82, 2.24) is 0 Å². The van der Waals surface area contributed by atoms with E-state index in [0.29, 0.717) is 18.6 Å². The monoisotopic (exact) mass is 332 g/mol. The summed E-state index contributed by atoms with van der Waals surface area (Å²) in [6.45, 7) is 18.4. The summed E-state index contributed by atoms with van der Waals surface area (Å²) in [6, 6.07) is 2.06. The first-order chi connectivity index (χ1) is 10.9. The molecule has 0 aliphatic heterocycles. The molecule has 0 aromatic heterocycles. The van der Waals surface area contributed by atoms with Gasteiger partial charge in [0.1, 0.15) is 12.4 Å². The highest BCUT2D eigenvalue weighted by Gasteiger charge is 2.28. The summed E-state index contributed by atoms with van der Waals surface area (Å²) >= 11 is 0. The van der Waals surface area contributed by atoms with Gasteiger partial charge in [-0.2, -0.15) is 0 Å². The van der Waals surface area contributed by atoms with Gasteiger partial charge in [0.25, 0.3) is 0 Å². The standard InChI is InChI=1S/C21H32O3/c1-9-12-24-17(22)11-10-15-13-16(20(3,4)5)19(23)14(2)18(15)21(6,7)8/h9,13,23H,1,10-12H2,2-8H3. The molecule has 24 heavy (non-hydrogen) atoms. The smallest absolute Gasteiger partial charge is 0.306 e. The molecule has 1 N–H and O–H groups in total. The van der Waals surface area contributed by atoms with Gasteiger partial charge in [-0.25, -0.2) is 0 Å². The molecule has 0 aliphatic rings. The van der Waals surface area contributed by atoms with Crippen LogP contribution in [0.1, 0.15) is 70.2 Å². The van der Waals surface area contributed by atoms with E-state index in [0.717, 1.165) is 22.3 Å². The zero-order valence-corrected chi connectivity index (χ0v) is 16.2. The van der Waals surface area contributed by atoms with Crippen LogP contribution in [0, 0.1) is 6.92 Å². The number of rotatable bonds is 5. The average Bonchev–Trinajstić information content (AvgIpc) is 2.43. The predicted molar refractivity (Wildman–Crippen MR) is 99.7 cm³/mol. The van der Waals surface area contributed by atoms with Crippen LogP contribution >= 0.6 is 0 Å². The zero-order valence-electron chi connectivity index (χ0n) is 16.2. The Hall–Kier alpha value is -1.77. The molecule has 134 valence electrons. The Morgan fingerprint density at radius 2 is 1.79 bits per heavy atom. The van der Waals surface area contributed by atoms with E-state index < -0.39 is 0 Å². The second-order valence-corrected chi connectivity index (χ2v) is 8.40. The van der Waals surface area contributed by atoms with Crippen LogP contribution in [0.25, 0.3) is 0 Å². The molecule has 1 rings (SSSR count). The molecule has 0 amide bonds. The van der Waals surface area contributed by atoms with Gasteiger partial charge in [0, 0.05) is 6.42 Å². The van der Waals surface area contributed by atoms with E-state index in [1.165, 1.54) is 0 Å². The minimum absolute atomic E-state index is 0.113. The number of aromatic hydroxyl groups is 1. The third kappa shape index (κ3) is 4.86. The SMILES string of the molecule is C=CCOC(=O)CCc1cc(C(C)(C)C)c(O)c(C)c1C(C)(C)C. The first kappa shape index (κ1) is 20.3. The van der Waals surface area contributed by atoms with E-state index in [-0.39, 0.29) is 23.4 Å². The topological polar surface area (TPSA) is 46.5 Å². The average molecular weight is 332 g/mol. The number of phenolic OH excluding ortho intramolecular Hbond substituents is 1. The molecule has 0 radical (unpaired) electrons. The maximum atomic E-state index is 11.9. The van der Waals surface area contributed by atoms with Crippen LogP contribution in [0.2, 0.25) is 0 Å². The van der Waals surface area contributed by atoms with Gasteiger partial charge in [-0.15, -0.1) is 0 Å². The Morgan fingerprint density at radius 1 is 1.21 bits per heavy atom. The highest BCUT2D eigenvalue weighted by molar-refractivity contribution is 5.70. The maximum absolute atomic E-state index is 11.9. The largest absolute Gasteiger partial charge is 0.507 e. The van der Waals surface area contributed by atoms with E-state index in [9.17, 15) is 9.90 Å². The molecule has 0 heterocycles. The van der Waals surface area contributed by atoms with Crippen molar-refractivity contribution in [1.29, 1.82) is 0 Å². The number of carbonyl (C=O) groups is 1. The number of hydrogen-bond acceptors (Lipinski definition) is 3. The number of benzene rings is 1. The van der Waals surface area contributed by atoms with Crippen molar-refractivity contribution < 1.29 is 14.6 Å². The summed E-state index contributed by atoms with van der Waals surface area (Å²) in [5.74, 6) is 0.142. The molecule has 0 atom stereocenters. The van der Waals surface area contributed by atoms with Crippen LogP contribution in [-0.2, 0) is 26.8 Å². The quantitative estimate of drug-likeness (QED) is 0.612. The van der Waals surface area contributed by atoms with Gasteiger partial charge in [0.15, 0.2) is 0 Å². The van der Waals surface area contributed by atoms with Crippen molar-refractivity contribution in [2.45, 2.75) is 72.1 Å². The molecule has 1 aromatic carbocycles. The predicted octanol–water partition coefficient (Wildman–Crippen LogP) is 4.96. The van der Waals surface area contributed by atoms with Gasteiger partial charge in [-0.3, -0.25) is 4.79 Å². The van der Waals surface area contributed by atoms with Crippen molar-refractivity contribution in [2.24, 2.45) is 0 Å². The number of aryl methyl sites for hydroxylation is 1. The normalized spacial score (nSPS) is 12.1. The summed E-state index contributed by atoms with van der Waals surface area (Å²) in [5, 5.41) is 10.7. The lowest BCUT2D eigenvalue weighted by Crippen LogP contribution is -2.20. The minimum Gasteiger partial charge on any atom is -0.507 e. The lowest BCUT2D eigenvalue weighted by atomic mass is 9.75. The van der Waals surface area contributed by atoms with Crippen LogP contribution in [0.4, 0.5) is 0 Å². The van der Waals surface area contributed by atoms with Gasteiger partial charge in [0.05, 0.1) is 0 Å². The number of hydrogen-bond donors (Lipinski definition) is 1. The fourth-order valence-corrected chi connectivity index (χ4v) is 3.15. The molecule has 3 nitrogen and oxygen atoms in total. The highest BCUT2D eigenvalue weighted by atomic mass is 16.5. The van der Waals surface area contributed by atoms with Crippen molar-refractivity contribution in [2.75, 3.05) is 6.61 Å². The molecule has 0 fully saturated rings. The third-order valence-corrected chi connectivity index (χ3v) is 4.14. The molecular weight excluding hydrogens is 300 g/mol. The second-order valence-electron chi connectivity index (χ2n) is 8.40. The van der Waals surface area contributed by atoms with E-state index >= 15 is 0 Å². The molecular formula is C21H32O3. The molecule has 0 saturated carbocycles. The molecule has 3 heteroatoms. The number of esters is 1. The van der Waals surface area contributed by atoms with Crippen molar-refractivity contribution >= 4 is 5.97 Å². The summed E-state index contributed by atoms with van der Waals surface area (Å²) in [4.78, 5) is 11.9. The van der Waals surface area contributed by atoms with Crippen molar-refractivity contribution in [3.8, 4) is 5.75 Å². The summed E-state index contributed by atoms with van der Waals surface area (Å²) in [7, 11) is 0. The molecule has 0 spiro atoms. The van der Waals surface area contributed by atoms with Crippen LogP contribution in [0.15, 0.2) is 18.7 Å². The van der Waals surface area contributed by atoms with Gasteiger partial charge in [-0.05, 0) is 46.4 Å². The van der Waals surface area contributed by atoms with Crippen molar-refractivity contribution in [3.05, 3.63) is 41.0 Å². The maximum Gasteiger partial charge on any atom is 0.306 e. The summed E-state index contributed by atoms with van der Waals surface area (Å²) in [6.07, 6.45) is 2.50. The Balaban J connectivity index is 3.32. The molecule has 1 aromatic rings.